The van der Waals surface area contributed by atoms with Crippen molar-refractivity contribution >= 4 is 0 Å². The number of tetrazole rings is 1. The molecule has 3 heterocycles. The third kappa shape index (κ3) is 3.89. The fraction of sp³-hybridized carbons (Fsp3) is 0.714. The fourth-order valence-electron chi connectivity index (χ4n) is 2.67. The molecule has 0 N–H and O–H groups in total. The molecular formula is C14H23N7O. The van der Waals surface area contributed by atoms with Crippen molar-refractivity contribution in [2.75, 3.05) is 19.7 Å². The van der Waals surface area contributed by atoms with E-state index in [9.17, 15) is 0 Å². The number of nitrogens with zero attached hydrogens (tertiary/aromatic N) is 7. The normalized spacial score (nSPS) is 19.6. The first kappa shape index (κ1) is 15.1. The molecule has 0 bridgehead atoms. The van der Waals surface area contributed by atoms with Gasteiger partial charge in [0.25, 0.3) is 0 Å². The second-order valence-corrected chi connectivity index (χ2v) is 5.63. The smallest absolute Gasteiger partial charge is 0.165 e. The van der Waals surface area contributed by atoms with Crippen LogP contribution in [-0.4, -0.2) is 60.7 Å². The molecule has 120 valence electrons. The maximum absolute atomic E-state index is 5.83. The van der Waals surface area contributed by atoms with Crippen molar-refractivity contribution in [2.45, 2.75) is 45.5 Å². The average Bonchev–Trinajstić information content (AvgIpc) is 3.18. The molecule has 0 aromatic carbocycles. The molecule has 0 amide bonds. The molecular weight excluding hydrogens is 282 g/mol. The topological polar surface area (TPSA) is 73.9 Å². The first-order valence-corrected chi connectivity index (χ1v) is 7.91. The molecule has 8 nitrogen and oxygen atoms in total. The summed E-state index contributed by atoms with van der Waals surface area (Å²) in [5.41, 5.74) is 0. The highest BCUT2D eigenvalue weighted by Gasteiger charge is 2.22. The Morgan fingerprint density at radius 1 is 1.41 bits per heavy atom. The van der Waals surface area contributed by atoms with Gasteiger partial charge in [0, 0.05) is 32.0 Å². The van der Waals surface area contributed by atoms with Gasteiger partial charge in [0.15, 0.2) is 5.82 Å². The van der Waals surface area contributed by atoms with Crippen LogP contribution in [0.5, 0.6) is 0 Å². The number of hydrogen-bond donors (Lipinski definition) is 0. The Morgan fingerprint density at radius 2 is 2.36 bits per heavy atom. The van der Waals surface area contributed by atoms with E-state index in [0.29, 0.717) is 0 Å². The molecule has 1 saturated heterocycles. The van der Waals surface area contributed by atoms with E-state index in [1.165, 1.54) is 0 Å². The van der Waals surface area contributed by atoms with Crippen LogP contribution in [0.1, 0.15) is 25.6 Å². The zero-order chi connectivity index (χ0) is 15.2. The molecule has 1 aliphatic rings. The van der Waals surface area contributed by atoms with E-state index in [0.717, 1.165) is 58.0 Å². The Bertz CT molecular complexity index is 553. The Hall–Kier alpha value is -1.80. The molecule has 2 aromatic heterocycles. The molecule has 0 spiro atoms. The molecule has 0 radical (unpaired) electrons. The third-order valence-corrected chi connectivity index (χ3v) is 3.87. The molecule has 0 saturated carbocycles. The van der Waals surface area contributed by atoms with Crippen LogP contribution in [0.2, 0.25) is 0 Å². The predicted octanol–water partition coefficient (Wildman–Crippen LogP) is 0.571. The van der Waals surface area contributed by atoms with Crippen molar-refractivity contribution in [3.8, 4) is 0 Å². The minimum atomic E-state index is 0.161. The molecule has 3 rings (SSSR count). The highest BCUT2D eigenvalue weighted by atomic mass is 16.5. The summed E-state index contributed by atoms with van der Waals surface area (Å²) >= 11 is 0. The molecule has 2 aromatic rings. The van der Waals surface area contributed by atoms with Crippen LogP contribution in [0.4, 0.5) is 0 Å². The van der Waals surface area contributed by atoms with Gasteiger partial charge in [-0.05, 0) is 22.9 Å². The summed E-state index contributed by atoms with van der Waals surface area (Å²) in [5.74, 6) is 0.938. The summed E-state index contributed by atoms with van der Waals surface area (Å²) in [6.07, 6.45) is 6.16. The standard InChI is InChI=1S/C14H23N7O/c1-2-3-7-21-14(16-17-18-21)12-19-8-9-22-13(10-19)11-20-6-4-5-15-20/h4-6,13H,2-3,7-12H2,1H3/t13-/m1/s1. The van der Waals surface area contributed by atoms with Crippen molar-refractivity contribution in [1.29, 1.82) is 0 Å². The van der Waals surface area contributed by atoms with Gasteiger partial charge in [-0.25, -0.2) is 4.68 Å². The molecule has 1 fully saturated rings. The Labute approximate surface area is 130 Å². The monoisotopic (exact) mass is 305 g/mol. The lowest BCUT2D eigenvalue weighted by molar-refractivity contribution is -0.0412. The Morgan fingerprint density at radius 3 is 3.18 bits per heavy atom. The maximum Gasteiger partial charge on any atom is 0.165 e. The van der Waals surface area contributed by atoms with Gasteiger partial charge in [-0.1, -0.05) is 13.3 Å². The van der Waals surface area contributed by atoms with E-state index >= 15 is 0 Å². The van der Waals surface area contributed by atoms with Crippen LogP contribution in [0.25, 0.3) is 0 Å². The summed E-state index contributed by atoms with van der Waals surface area (Å²) < 4.78 is 9.67. The molecule has 1 atom stereocenters. The second-order valence-electron chi connectivity index (χ2n) is 5.63. The summed E-state index contributed by atoms with van der Waals surface area (Å²) in [4.78, 5) is 2.35. The van der Waals surface area contributed by atoms with Crippen molar-refractivity contribution in [1.82, 2.24) is 34.9 Å². The maximum atomic E-state index is 5.83. The van der Waals surface area contributed by atoms with Gasteiger partial charge in [-0.2, -0.15) is 5.10 Å². The van der Waals surface area contributed by atoms with E-state index in [1.807, 2.05) is 21.6 Å². The lowest BCUT2D eigenvalue weighted by atomic mass is 10.2. The number of aromatic nitrogens is 6. The molecule has 8 heteroatoms. The Kier molecular flexibility index (Phi) is 5.12. The SMILES string of the molecule is CCCCn1nnnc1CN1CCO[C@@H](Cn2cccn2)C1. The summed E-state index contributed by atoms with van der Waals surface area (Å²) in [6.45, 7) is 7.14. The summed E-state index contributed by atoms with van der Waals surface area (Å²) in [5, 5.41) is 16.3. The van der Waals surface area contributed by atoms with E-state index in [2.05, 4.69) is 32.4 Å². The number of aryl methyl sites for hydroxylation is 1. The van der Waals surface area contributed by atoms with Crippen LogP contribution in [0, 0.1) is 0 Å². The first-order valence-electron chi connectivity index (χ1n) is 7.91. The minimum Gasteiger partial charge on any atom is -0.374 e. The van der Waals surface area contributed by atoms with E-state index in [4.69, 9.17) is 4.74 Å². The number of unbranched alkanes of at least 4 members (excludes halogenated alkanes) is 1. The number of ether oxygens (including phenoxy) is 1. The lowest BCUT2D eigenvalue weighted by Gasteiger charge is -2.32. The number of rotatable bonds is 7. The number of hydrogen-bond acceptors (Lipinski definition) is 6. The van der Waals surface area contributed by atoms with Gasteiger partial charge < -0.3 is 4.74 Å². The van der Waals surface area contributed by atoms with E-state index in [-0.39, 0.29) is 6.10 Å². The van der Waals surface area contributed by atoms with Crippen LogP contribution in [0.3, 0.4) is 0 Å². The van der Waals surface area contributed by atoms with Gasteiger partial charge in [0.2, 0.25) is 0 Å². The van der Waals surface area contributed by atoms with Gasteiger partial charge in [-0.15, -0.1) is 5.10 Å². The molecule has 0 aliphatic carbocycles. The number of morpholine rings is 1. The zero-order valence-corrected chi connectivity index (χ0v) is 13.0. The highest BCUT2D eigenvalue weighted by molar-refractivity contribution is 4.84. The van der Waals surface area contributed by atoms with Crippen LogP contribution >= 0.6 is 0 Å². The zero-order valence-electron chi connectivity index (χ0n) is 13.0. The van der Waals surface area contributed by atoms with Gasteiger partial charge in [0.05, 0.1) is 25.8 Å². The van der Waals surface area contributed by atoms with Crippen LogP contribution in [0.15, 0.2) is 18.5 Å². The van der Waals surface area contributed by atoms with E-state index in [1.54, 1.807) is 6.20 Å². The predicted molar refractivity (Wildman–Crippen MR) is 80.0 cm³/mol. The van der Waals surface area contributed by atoms with E-state index < -0.39 is 0 Å². The minimum absolute atomic E-state index is 0.161. The fourth-order valence-corrected chi connectivity index (χ4v) is 2.67. The van der Waals surface area contributed by atoms with Gasteiger partial charge in [0.1, 0.15) is 0 Å². The van der Waals surface area contributed by atoms with Crippen molar-refractivity contribution in [3.63, 3.8) is 0 Å². The Balaban J connectivity index is 1.55. The largest absolute Gasteiger partial charge is 0.374 e. The highest BCUT2D eigenvalue weighted by Crippen LogP contribution is 2.10. The van der Waals surface area contributed by atoms with Crippen molar-refractivity contribution in [2.24, 2.45) is 0 Å². The average molecular weight is 305 g/mol. The molecule has 22 heavy (non-hydrogen) atoms. The van der Waals surface area contributed by atoms with Crippen LogP contribution in [-0.2, 0) is 24.4 Å². The summed E-state index contributed by atoms with van der Waals surface area (Å²) in [7, 11) is 0. The van der Waals surface area contributed by atoms with Gasteiger partial charge in [-0.3, -0.25) is 9.58 Å². The molecule has 1 aliphatic heterocycles. The van der Waals surface area contributed by atoms with Crippen molar-refractivity contribution in [3.05, 3.63) is 24.3 Å². The van der Waals surface area contributed by atoms with Gasteiger partial charge >= 0.3 is 0 Å². The molecule has 0 unspecified atom stereocenters. The van der Waals surface area contributed by atoms with Crippen LogP contribution < -0.4 is 0 Å². The lowest BCUT2D eigenvalue weighted by Crippen LogP contribution is -2.44. The first-order chi connectivity index (χ1) is 10.8. The third-order valence-electron chi connectivity index (χ3n) is 3.87. The quantitative estimate of drug-likeness (QED) is 0.744. The van der Waals surface area contributed by atoms with Crippen molar-refractivity contribution < 1.29 is 4.74 Å². The summed E-state index contributed by atoms with van der Waals surface area (Å²) in [6, 6.07) is 1.93. The second kappa shape index (κ2) is 7.46.